The van der Waals surface area contributed by atoms with E-state index in [2.05, 4.69) is 14.7 Å². The molecule has 0 spiro atoms. The molecule has 0 aliphatic carbocycles. The van der Waals surface area contributed by atoms with Crippen LogP contribution in [0, 0.1) is 11.7 Å². The van der Waals surface area contributed by atoms with E-state index in [1.807, 2.05) is 18.9 Å². The third-order valence-corrected chi connectivity index (χ3v) is 5.25. The fourth-order valence-electron chi connectivity index (χ4n) is 3.55. The minimum atomic E-state index is -3.29. The molecular formula is C19H21F3N4O3. The van der Waals surface area contributed by atoms with Gasteiger partial charge in [0.05, 0.1) is 18.5 Å². The predicted octanol–water partition coefficient (Wildman–Crippen LogP) is 2.66. The molecule has 2 aliphatic rings. The number of ether oxygens (including phenoxy) is 1. The van der Waals surface area contributed by atoms with Crippen LogP contribution < -0.4 is 4.74 Å². The van der Waals surface area contributed by atoms with E-state index in [0.29, 0.717) is 20.0 Å². The van der Waals surface area contributed by atoms with Crippen LogP contribution in [0.5, 0.6) is 5.75 Å². The number of fused-ring (bicyclic) bond motifs is 1. The Morgan fingerprint density at radius 2 is 2.03 bits per heavy atom. The smallest absolute Gasteiger partial charge is 0.322 e. The number of alkyl halides is 2. The van der Waals surface area contributed by atoms with E-state index >= 15 is 0 Å². The maximum absolute atomic E-state index is 14.9. The fraction of sp³-hybridized carbons (Fsp3) is 0.526. The van der Waals surface area contributed by atoms with E-state index in [9.17, 15) is 18.0 Å². The molecule has 7 nitrogen and oxygen atoms in total. The Labute approximate surface area is 165 Å². The summed E-state index contributed by atoms with van der Waals surface area (Å²) >= 11 is 0. The number of benzene rings is 1. The van der Waals surface area contributed by atoms with Gasteiger partial charge in [-0.05, 0) is 26.1 Å². The molecule has 0 unspecified atom stereocenters. The summed E-state index contributed by atoms with van der Waals surface area (Å²) in [4.78, 5) is 20.1. The number of halogens is 3. The Hall–Kier alpha value is -2.62. The summed E-state index contributed by atoms with van der Waals surface area (Å²) in [7, 11) is 1.94. The lowest BCUT2D eigenvalue weighted by Gasteiger charge is -2.39. The first-order valence-corrected chi connectivity index (χ1v) is 9.30. The second-order valence-corrected chi connectivity index (χ2v) is 7.79. The standard InChI is InChI=1S/C19H21F3N4O3/c1-10-9-28-15-5-11(16-23-18(29-24-16)19(2,21)22)4-14(20)13(15)8-26(10)17(27)12-6-25(3)7-12/h4-5,10,12H,6-9H2,1-3H3/t10-/m0/s1. The number of hydrogen-bond donors (Lipinski definition) is 0. The molecule has 29 heavy (non-hydrogen) atoms. The molecule has 1 aromatic carbocycles. The molecule has 0 bridgehead atoms. The summed E-state index contributed by atoms with van der Waals surface area (Å²) in [6.07, 6.45) is 0. The van der Waals surface area contributed by atoms with Crippen LogP contribution in [0.2, 0.25) is 0 Å². The van der Waals surface area contributed by atoms with Crippen LogP contribution in [0.4, 0.5) is 13.2 Å². The SMILES string of the molecule is C[C@H]1COc2cc(-c3noc(C(C)(F)F)n3)cc(F)c2CN1C(=O)C1CN(C)C1. The number of aromatic nitrogens is 2. The van der Waals surface area contributed by atoms with Gasteiger partial charge in [0.25, 0.3) is 5.89 Å². The first-order valence-electron chi connectivity index (χ1n) is 9.30. The summed E-state index contributed by atoms with van der Waals surface area (Å²) < 4.78 is 51.9. The lowest BCUT2D eigenvalue weighted by atomic mass is 9.98. The van der Waals surface area contributed by atoms with Crippen LogP contribution in [-0.2, 0) is 17.3 Å². The van der Waals surface area contributed by atoms with Crippen molar-refractivity contribution in [2.24, 2.45) is 5.92 Å². The lowest BCUT2D eigenvalue weighted by Crippen LogP contribution is -2.54. The van der Waals surface area contributed by atoms with Gasteiger partial charge in [0.1, 0.15) is 18.2 Å². The van der Waals surface area contributed by atoms with Gasteiger partial charge in [0.15, 0.2) is 0 Å². The van der Waals surface area contributed by atoms with Gasteiger partial charge in [0, 0.05) is 31.1 Å². The topological polar surface area (TPSA) is 71.7 Å². The molecule has 0 saturated carbocycles. The zero-order valence-corrected chi connectivity index (χ0v) is 16.3. The number of carbonyl (C=O) groups is 1. The fourth-order valence-corrected chi connectivity index (χ4v) is 3.55. The average molecular weight is 410 g/mol. The van der Waals surface area contributed by atoms with Gasteiger partial charge in [-0.25, -0.2) is 4.39 Å². The summed E-state index contributed by atoms with van der Waals surface area (Å²) in [5, 5.41) is 3.52. The minimum Gasteiger partial charge on any atom is -0.491 e. The van der Waals surface area contributed by atoms with Crippen molar-refractivity contribution in [2.45, 2.75) is 32.4 Å². The van der Waals surface area contributed by atoms with E-state index in [-0.39, 0.29) is 53.7 Å². The zero-order valence-electron chi connectivity index (χ0n) is 16.3. The van der Waals surface area contributed by atoms with Gasteiger partial charge in [-0.3, -0.25) is 4.79 Å². The lowest BCUT2D eigenvalue weighted by molar-refractivity contribution is -0.143. The molecular weight excluding hydrogens is 389 g/mol. The van der Waals surface area contributed by atoms with E-state index < -0.39 is 17.6 Å². The Bertz CT molecular complexity index is 937. The molecule has 1 amide bonds. The highest BCUT2D eigenvalue weighted by atomic mass is 19.3. The molecule has 4 rings (SSSR count). The second kappa shape index (κ2) is 7.01. The highest BCUT2D eigenvalue weighted by Crippen LogP contribution is 2.34. The highest BCUT2D eigenvalue weighted by molar-refractivity contribution is 5.80. The van der Waals surface area contributed by atoms with E-state index in [1.54, 1.807) is 4.90 Å². The Morgan fingerprint density at radius 1 is 1.31 bits per heavy atom. The molecule has 2 aromatic rings. The molecule has 1 fully saturated rings. The molecule has 1 atom stereocenters. The van der Waals surface area contributed by atoms with Crippen LogP contribution in [0.25, 0.3) is 11.4 Å². The van der Waals surface area contributed by atoms with Crippen LogP contribution in [0.15, 0.2) is 16.7 Å². The summed E-state index contributed by atoms with van der Waals surface area (Å²) in [5.41, 5.74) is 0.400. The third kappa shape index (κ3) is 3.68. The van der Waals surface area contributed by atoms with E-state index in [4.69, 9.17) is 4.74 Å². The summed E-state index contributed by atoms with van der Waals surface area (Å²) in [6.45, 7) is 4.11. The van der Waals surface area contributed by atoms with Gasteiger partial charge >= 0.3 is 5.92 Å². The maximum atomic E-state index is 14.9. The van der Waals surface area contributed by atoms with Gasteiger partial charge in [-0.2, -0.15) is 13.8 Å². The molecule has 10 heteroatoms. The quantitative estimate of drug-likeness (QED) is 0.775. The van der Waals surface area contributed by atoms with Crippen molar-refractivity contribution in [2.75, 3.05) is 26.7 Å². The summed E-state index contributed by atoms with van der Waals surface area (Å²) in [6, 6.07) is 2.39. The van der Waals surface area contributed by atoms with Crippen molar-refractivity contribution < 1.29 is 27.2 Å². The summed E-state index contributed by atoms with van der Waals surface area (Å²) in [5.74, 6) is -4.80. The number of nitrogens with zero attached hydrogens (tertiary/aromatic N) is 4. The minimum absolute atomic E-state index is 0.0245. The van der Waals surface area contributed by atoms with E-state index in [0.717, 1.165) is 6.07 Å². The van der Waals surface area contributed by atoms with Crippen molar-refractivity contribution >= 4 is 5.91 Å². The Morgan fingerprint density at radius 3 is 2.66 bits per heavy atom. The van der Waals surface area contributed by atoms with Crippen molar-refractivity contribution in [3.05, 3.63) is 29.4 Å². The number of amides is 1. The normalized spacial score (nSPS) is 20.6. The predicted molar refractivity (Wildman–Crippen MR) is 95.8 cm³/mol. The van der Waals surface area contributed by atoms with Crippen LogP contribution in [0.1, 0.15) is 25.3 Å². The molecule has 2 aliphatic heterocycles. The van der Waals surface area contributed by atoms with Gasteiger partial charge < -0.3 is 19.1 Å². The van der Waals surface area contributed by atoms with Crippen molar-refractivity contribution in [1.82, 2.24) is 19.9 Å². The van der Waals surface area contributed by atoms with Crippen molar-refractivity contribution in [3.8, 4) is 17.1 Å². The van der Waals surface area contributed by atoms with Gasteiger partial charge in [0.2, 0.25) is 11.7 Å². The molecule has 0 N–H and O–H groups in total. The second-order valence-electron chi connectivity index (χ2n) is 7.79. The van der Waals surface area contributed by atoms with Crippen LogP contribution >= 0.6 is 0 Å². The molecule has 3 heterocycles. The molecule has 1 saturated heterocycles. The maximum Gasteiger partial charge on any atom is 0.322 e. The monoisotopic (exact) mass is 410 g/mol. The average Bonchev–Trinajstić information content (AvgIpc) is 3.06. The molecule has 1 aromatic heterocycles. The number of hydrogen-bond acceptors (Lipinski definition) is 6. The number of likely N-dealkylation sites (tertiary alicyclic amines) is 1. The number of rotatable bonds is 3. The van der Waals surface area contributed by atoms with Crippen molar-refractivity contribution in [1.29, 1.82) is 0 Å². The first kappa shape index (κ1) is 19.7. The van der Waals surface area contributed by atoms with Gasteiger partial charge in [-0.15, -0.1) is 0 Å². The van der Waals surface area contributed by atoms with Gasteiger partial charge in [-0.1, -0.05) is 5.16 Å². The third-order valence-electron chi connectivity index (χ3n) is 5.25. The largest absolute Gasteiger partial charge is 0.491 e. The van der Waals surface area contributed by atoms with Crippen LogP contribution in [0.3, 0.4) is 0 Å². The molecule has 0 radical (unpaired) electrons. The van der Waals surface area contributed by atoms with E-state index in [1.165, 1.54) is 6.07 Å². The Balaban J connectivity index is 1.63. The Kier molecular flexibility index (Phi) is 4.76. The van der Waals surface area contributed by atoms with Crippen molar-refractivity contribution in [3.63, 3.8) is 0 Å². The zero-order chi connectivity index (χ0) is 20.9. The van der Waals surface area contributed by atoms with Crippen LogP contribution in [-0.4, -0.2) is 58.6 Å². The highest BCUT2D eigenvalue weighted by Gasteiger charge is 2.37. The number of carbonyl (C=O) groups excluding carboxylic acids is 1. The first-order chi connectivity index (χ1) is 13.6. The molecule has 156 valence electrons.